The average molecular weight is 229 g/mol. The van der Waals surface area contributed by atoms with E-state index in [1.807, 2.05) is 0 Å². The van der Waals surface area contributed by atoms with Crippen LogP contribution in [-0.2, 0) is 9.53 Å². The average Bonchev–Trinajstić information content (AvgIpc) is 2.74. The van der Waals surface area contributed by atoms with Crippen LogP contribution in [0, 0.1) is 5.92 Å². The second-order valence-corrected chi connectivity index (χ2v) is 4.47. The van der Waals surface area contributed by atoms with E-state index in [1.54, 1.807) is 0 Å². The van der Waals surface area contributed by atoms with Crippen molar-refractivity contribution in [3.05, 3.63) is 0 Å². The summed E-state index contributed by atoms with van der Waals surface area (Å²) in [4.78, 5) is 10.3. The van der Waals surface area contributed by atoms with Crippen molar-refractivity contribution in [2.24, 2.45) is 5.92 Å². The molecule has 1 aliphatic rings. The van der Waals surface area contributed by atoms with Crippen molar-refractivity contribution in [2.45, 2.75) is 38.5 Å². The Hall–Kier alpha value is -0.610. The smallest absolute Gasteiger partial charge is 0.303 e. The molecule has 1 heterocycles. The Bertz CT molecular complexity index is 191. The first kappa shape index (κ1) is 13.5. The molecule has 1 saturated heterocycles. The maximum atomic E-state index is 10.3. The number of carboxylic acid groups (broad SMARTS) is 1. The molecule has 0 aromatic rings. The minimum absolute atomic E-state index is 0.305. The van der Waals surface area contributed by atoms with Crippen molar-refractivity contribution >= 4 is 5.97 Å². The highest BCUT2D eigenvalue weighted by atomic mass is 16.5. The predicted octanol–water partition coefficient (Wildman–Crippen LogP) is 1.65. The molecule has 16 heavy (non-hydrogen) atoms. The summed E-state index contributed by atoms with van der Waals surface area (Å²) >= 11 is 0. The monoisotopic (exact) mass is 229 g/mol. The van der Waals surface area contributed by atoms with E-state index in [0.717, 1.165) is 51.5 Å². The van der Waals surface area contributed by atoms with Crippen molar-refractivity contribution in [1.29, 1.82) is 0 Å². The third-order valence-corrected chi connectivity index (χ3v) is 3.00. The van der Waals surface area contributed by atoms with Gasteiger partial charge in [-0.05, 0) is 44.7 Å². The van der Waals surface area contributed by atoms with Crippen LogP contribution in [0.3, 0.4) is 0 Å². The van der Waals surface area contributed by atoms with Crippen LogP contribution in [0.2, 0.25) is 0 Å². The van der Waals surface area contributed by atoms with Crippen LogP contribution in [0.5, 0.6) is 0 Å². The molecule has 94 valence electrons. The molecule has 0 aromatic heterocycles. The normalized spacial score (nSPS) is 20.1. The van der Waals surface area contributed by atoms with Crippen LogP contribution in [0.4, 0.5) is 0 Å². The molecule has 0 radical (unpaired) electrons. The quantitative estimate of drug-likeness (QED) is 0.590. The molecule has 4 heteroatoms. The summed E-state index contributed by atoms with van der Waals surface area (Å²) in [7, 11) is 0. The second kappa shape index (κ2) is 8.53. The number of unbranched alkanes of at least 4 members (excludes halogenated alkanes) is 2. The molecule has 0 aromatic carbocycles. The van der Waals surface area contributed by atoms with Crippen molar-refractivity contribution < 1.29 is 14.6 Å². The Kier molecular flexibility index (Phi) is 7.17. The second-order valence-electron chi connectivity index (χ2n) is 4.47. The lowest BCUT2D eigenvalue weighted by Gasteiger charge is -2.08. The molecule has 2 N–H and O–H groups in total. The van der Waals surface area contributed by atoms with E-state index >= 15 is 0 Å². The Labute approximate surface area is 97.4 Å². The van der Waals surface area contributed by atoms with E-state index in [9.17, 15) is 4.79 Å². The summed E-state index contributed by atoms with van der Waals surface area (Å²) in [5.74, 6) is 0.0636. The number of rotatable bonds is 9. The highest BCUT2D eigenvalue weighted by molar-refractivity contribution is 5.66. The van der Waals surface area contributed by atoms with Gasteiger partial charge in [0.15, 0.2) is 0 Å². The van der Waals surface area contributed by atoms with Gasteiger partial charge in [0, 0.05) is 19.6 Å². The highest BCUT2D eigenvalue weighted by Gasteiger charge is 2.14. The van der Waals surface area contributed by atoms with Crippen LogP contribution in [-0.4, -0.2) is 37.4 Å². The van der Waals surface area contributed by atoms with Crippen molar-refractivity contribution in [2.75, 3.05) is 26.3 Å². The first-order valence-corrected chi connectivity index (χ1v) is 6.29. The zero-order chi connectivity index (χ0) is 11.6. The molecule has 0 amide bonds. The van der Waals surface area contributed by atoms with Gasteiger partial charge in [-0.2, -0.15) is 0 Å². The Morgan fingerprint density at radius 1 is 1.31 bits per heavy atom. The number of hydrogen-bond acceptors (Lipinski definition) is 3. The van der Waals surface area contributed by atoms with Gasteiger partial charge in [-0.3, -0.25) is 4.79 Å². The topological polar surface area (TPSA) is 58.6 Å². The lowest BCUT2D eigenvalue weighted by atomic mass is 10.1. The minimum atomic E-state index is -0.686. The van der Waals surface area contributed by atoms with Gasteiger partial charge in [0.25, 0.3) is 0 Å². The summed E-state index contributed by atoms with van der Waals surface area (Å²) in [6.07, 6.45) is 5.60. The third-order valence-electron chi connectivity index (χ3n) is 3.00. The number of aliphatic carboxylic acids is 1. The maximum absolute atomic E-state index is 10.3. The number of ether oxygens (including phenoxy) is 1. The number of carbonyl (C=O) groups is 1. The fourth-order valence-electron chi connectivity index (χ4n) is 1.95. The van der Waals surface area contributed by atoms with Gasteiger partial charge < -0.3 is 15.2 Å². The molecular weight excluding hydrogens is 206 g/mol. The molecule has 0 aliphatic carbocycles. The fraction of sp³-hybridized carbons (Fsp3) is 0.917. The van der Waals surface area contributed by atoms with Crippen LogP contribution < -0.4 is 5.32 Å². The van der Waals surface area contributed by atoms with Gasteiger partial charge in [0.1, 0.15) is 0 Å². The standard InChI is InChI=1S/C12H23NO3/c14-12(15)4-2-1-3-7-13-8-5-11-6-9-16-10-11/h11,13H,1-10H2,(H,14,15). The van der Waals surface area contributed by atoms with Crippen LogP contribution in [0.15, 0.2) is 0 Å². The summed E-state index contributed by atoms with van der Waals surface area (Å²) in [6, 6.07) is 0. The SMILES string of the molecule is O=C(O)CCCCCNCCC1CCOC1. The first-order chi connectivity index (χ1) is 7.79. The molecule has 0 spiro atoms. The van der Waals surface area contributed by atoms with Gasteiger partial charge in [-0.1, -0.05) is 6.42 Å². The molecule has 1 rings (SSSR count). The summed E-state index contributed by atoms with van der Waals surface area (Å²) in [5, 5.41) is 11.8. The Balaban J connectivity index is 1.76. The summed E-state index contributed by atoms with van der Waals surface area (Å²) < 4.78 is 5.31. The van der Waals surface area contributed by atoms with Gasteiger partial charge >= 0.3 is 5.97 Å². The summed E-state index contributed by atoms with van der Waals surface area (Å²) in [5.41, 5.74) is 0. The third kappa shape index (κ3) is 6.80. The Morgan fingerprint density at radius 3 is 2.88 bits per heavy atom. The van der Waals surface area contributed by atoms with E-state index in [1.165, 1.54) is 12.8 Å². The molecule has 4 nitrogen and oxygen atoms in total. The summed E-state index contributed by atoms with van der Waals surface area (Å²) in [6.45, 7) is 3.93. The zero-order valence-electron chi connectivity index (χ0n) is 9.91. The van der Waals surface area contributed by atoms with Crippen LogP contribution in [0.25, 0.3) is 0 Å². The molecule has 1 aliphatic heterocycles. The predicted molar refractivity (Wildman–Crippen MR) is 62.5 cm³/mol. The fourth-order valence-corrected chi connectivity index (χ4v) is 1.95. The lowest BCUT2D eigenvalue weighted by Crippen LogP contribution is -2.19. The van der Waals surface area contributed by atoms with Crippen molar-refractivity contribution in [3.63, 3.8) is 0 Å². The largest absolute Gasteiger partial charge is 0.481 e. The van der Waals surface area contributed by atoms with E-state index in [2.05, 4.69) is 5.32 Å². The van der Waals surface area contributed by atoms with Crippen molar-refractivity contribution in [1.82, 2.24) is 5.32 Å². The molecule has 1 unspecified atom stereocenters. The van der Waals surface area contributed by atoms with Gasteiger partial charge in [-0.15, -0.1) is 0 Å². The van der Waals surface area contributed by atoms with Gasteiger partial charge in [-0.25, -0.2) is 0 Å². The van der Waals surface area contributed by atoms with Crippen LogP contribution in [0.1, 0.15) is 38.5 Å². The molecule has 0 saturated carbocycles. The van der Waals surface area contributed by atoms with E-state index < -0.39 is 5.97 Å². The minimum Gasteiger partial charge on any atom is -0.481 e. The van der Waals surface area contributed by atoms with E-state index in [0.29, 0.717) is 6.42 Å². The van der Waals surface area contributed by atoms with Crippen molar-refractivity contribution in [3.8, 4) is 0 Å². The maximum Gasteiger partial charge on any atom is 0.303 e. The molecule has 1 atom stereocenters. The molecule has 1 fully saturated rings. The van der Waals surface area contributed by atoms with Gasteiger partial charge in [0.2, 0.25) is 0 Å². The number of carboxylic acids is 1. The van der Waals surface area contributed by atoms with Crippen LogP contribution >= 0.6 is 0 Å². The molecular formula is C12H23NO3. The zero-order valence-corrected chi connectivity index (χ0v) is 9.91. The highest BCUT2D eigenvalue weighted by Crippen LogP contribution is 2.15. The van der Waals surface area contributed by atoms with Gasteiger partial charge in [0.05, 0.1) is 0 Å². The molecule has 0 bridgehead atoms. The Morgan fingerprint density at radius 2 is 2.19 bits per heavy atom. The first-order valence-electron chi connectivity index (χ1n) is 6.29. The number of hydrogen-bond donors (Lipinski definition) is 2. The number of nitrogens with one attached hydrogen (secondary N) is 1. The van der Waals surface area contributed by atoms with E-state index in [-0.39, 0.29) is 0 Å². The van der Waals surface area contributed by atoms with E-state index in [4.69, 9.17) is 9.84 Å². The lowest BCUT2D eigenvalue weighted by molar-refractivity contribution is -0.137.